The lowest BCUT2D eigenvalue weighted by Crippen LogP contribution is -2.26. The summed E-state index contributed by atoms with van der Waals surface area (Å²) in [6.07, 6.45) is 3.05. The fourth-order valence-electron chi connectivity index (χ4n) is 2.43. The van der Waals surface area contributed by atoms with Gasteiger partial charge in [-0.15, -0.1) is 10.2 Å². The first kappa shape index (κ1) is 21.1. The lowest BCUT2D eigenvalue weighted by molar-refractivity contribution is 0.477. The van der Waals surface area contributed by atoms with Crippen molar-refractivity contribution in [2.45, 2.75) is 43.3 Å². The topological polar surface area (TPSA) is 76.9 Å². The lowest BCUT2D eigenvalue weighted by Gasteiger charge is -2.12. The Morgan fingerprint density at radius 3 is 2.69 bits per heavy atom. The van der Waals surface area contributed by atoms with Gasteiger partial charge in [-0.1, -0.05) is 37.2 Å². The fourth-order valence-corrected chi connectivity index (χ4v) is 4.24. The van der Waals surface area contributed by atoms with Crippen molar-refractivity contribution in [3.63, 3.8) is 0 Å². The third kappa shape index (κ3) is 5.42. The van der Waals surface area contributed by atoms with Gasteiger partial charge in [0.05, 0.1) is 0 Å². The molecule has 0 fully saturated rings. The Balaban J connectivity index is 1.97. The molecule has 10 heteroatoms. The molecule has 0 atom stereocenters. The highest BCUT2D eigenvalue weighted by atomic mass is 35.5. The van der Waals surface area contributed by atoms with Gasteiger partial charge in [-0.25, -0.2) is 17.5 Å². The maximum Gasteiger partial charge on any atom is 0.243 e. The predicted octanol–water partition coefficient (Wildman–Crippen LogP) is 3.36. The van der Waals surface area contributed by atoms with Crippen molar-refractivity contribution in [2.24, 2.45) is 5.92 Å². The second-order valence-corrected chi connectivity index (χ2v) is 9.13. The van der Waals surface area contributed by atoms with Crippen molar-refractivity contribution < 1.29 is 12.8 Å². The van der Waals surface area contributed by atoms with E-state index in [2.05, 4.69) is 33.3 Å². The van der Waals surface area contributed by atoms with Gasteiger partial charge in [0.2, 0.25) is 10.0 Å². The largest absolute Gasteiger partial charge is 0.306 e. The first-order valence-corrected chi connectivity index (χ1v) is 11.2. The van der Waals surface area contributed by atoms with Gasteiger partial charge in [0.25, 0.3) is 0 Å². The van der Waals surface area contributed by atoms with Gasteiger partial charge in [0, 0.05) is 24.5 Å². The van der Waals surface area contributed by atoms with Crippen molar-refractivity contribution in [1.29, 1.82) is 0 Å². The van der Waals surface area contributed by atoms with Crippen molar-refractivity contribution in [3.05, 3.63) is 34.9 Å². The number of halogens is 2. The molecule has 1 N–H and O–H groups in total. The van der Waals surface area contributed by atoms with Gasteiger partial charge in [-0.05, 0) is 36.8 Å². The monoisotopic (exact) mass is 420 g/mol. The highest BCUT2D eigenvalue weighted by Crippen LogP contribution is 2.19. The maximum atomic E-state index is 13.8. The minimum Gasteiger partial charge on any atom is -0.306 e. The molecule has 2 aromatic rings. The molecule has 1 heterocycles. The number of hydrogen-bond donors (Lipinski definition) is 1. The van der Waals surface area contributed by atoms with E-state index in [0.717, 1.165) is 29.7 Å². The van der Waals surface area contributed by atoms with Crippen LogP contribution in [0.15, 0.2) is 28.3 Å². The van der Waals surface area contributed by atoms with Gasteiger partial charge in [-0.2, -0.15) is 0 Å². The standard InChI is InChI=1S/C16H22ClFN4O2S2/c1-11(2)10-22-15(20-21-16(22)25-3)5-4-8-19-26(23,24)14-7-6-12(17)9-13(14)18/h6-7,9,11,19H,4-5,8,10H2,1-3H3. The predicted molar refractivity (Wildman–Crippen MR) is 102 cm³/mol. The maximum absolute atomic E-state index is 13.8. The molecule has 1 aromatic carbocycles. The second kappa shape index (κ2) is 9.16. The number of rotatable bonds is 9. The number of aryl methyl sites for hydroxylation is 1. The molecule has 0 unspecified atom stereocenters. The van der Waals surface area contributed by atoms with Crippen LogP contribution in [0.1, 0.15) is 26.1 Å². The number of sulfonamides is 1. The number of aromatic nitrogens is 3. The Labute approximate surface area is 162 Å². The minimum atomic E-state index is -3.92. The summed E-state index contributed by atoms with van der Waals surface area (Å²) >= 11 is 7.18. The van der Waals surface area contributed by atoms with E-state index < -0.39 is 20.7 Å². The molecule has 0 aliphatic carbocycles. The number of benzene rings is 1. The Kier molecular flexibility index (Phi) is 7.45. The van der Waals surface area contributed by atoms with Crippen molar-refractivity contribution >= 4 is 33.4 Å². The zero-order valence-corrected chi connectivity index (χ0v) is 17.3. The molecular formula is C16H22ClFN4O2S2. The van der Waals surface area contributed by atoms with E-state index in [4.69, 9.17) is 11.6 Å². The van der Waals surface area contributed by atoms with Crippen LogP contribution in [0, 0.1) is 11.7 Å². The summed E-state index contributed by atoms with van der Waals surface area (Å²) in [5, 5.41) is 9.35. The molecule has 2 rings (SSSR count). The van der Waals surface area contributed by atoms with Gasteiger partial charge >= 0.3 is 0 Å². The van der Waals surface area contributed by atoms with Gasteiger partial charge in [-0.3, -0.25) is 0 Å². The lowest BCUT2D eigenvalue weighted by atomic mass is 10.2. The van der Waals surface area contributed by atoms with Crippen molar-refractivity contribution in [3.8, 4) is 0 Å². The van der Waals surface area contributed by atoms with Crippen LogP contribution in [0.4, 0.5) is 4.39 Å². The van der Waals surface area contributed by atoms with E-state index in [9.17, 15) is 12.8 Å². The first-order chi connectivity index (χ1) is 12.2. The Morgan fingerprint density at radius 1 is 1.35 bits per heavy atom. The molecule has 0 amide bonds. The third-order valence-electron chi connectivity index (χ3n) is 3.58. The highest BCUT2D eigenvalue weighted by Gasteiger charge is 2.19. The first-order valence-electron chi connectivity index (χ1n) is 8.15. The SMILES string of the molecule is CSc1nnc(CCCNS(=O)(=O)c2ccc(Cl)cc2F)n1CC(C)C. The number of thioether (sulfide) groups is 1. The van der Waals surface area contributed by atoms with E-state index in [1.807, 2.05) is 6.26 Å². The number of nitrogens with one attached hydrogen (secondary N) is 1. The fraction of sp³-hybridized carbons (Fsp3) is 0.500. The molecule has 6 nitrogen and oxygen atoms in total. The van der Waals surface area contributed by atoms with Crippen LogP contribution < -0.4 is 4.72 Å². The van der Waals surface area contributed by atoms with Crippen LogP contribution in [0.2, 0.25) is 5.02 Å². The van der Waals surface area contributed by atoms with Gasteiger partial charge in [0.15, 0.2) is 5.16 Å². The zero-order chi connectivity index (χ0) is 19.3. The van der Waals surface area contributed by atoms with Crippen LogP contribution in [-0.2, 0) is 23.0 Å². The molecular weight excluding hydrogens is 399 g/mol. The van der Waals surface area contributed by atoms with E-state index in [0.29, 0.717) is 18.8 Å². The highest BCUT2D eigenvalue weighted by molar-refractivity contribution is 7.98. The molecule has 0 radical (unpaired) electrons. The summed E-state index contributed by atoms with van der Waals surface area (Å²) in [5.41, 5.74) is 0. The summed E-state index contributed by atoms with van der Waals surface area (Å²) in [6, 6.07) is 3.48. The van der Waals surface area contributed by atoms with E-state index in [1.165, 1.54) is 17.8 Å². The quantitative estimate of drug-likeness (QED) is 0.497. The van der Waals surface area contributed by atoms with E-state index in [-0.39, 0.29) is 11.6 Å². The molecule has 26 heavy (non-hydrogen) atoms. The average molecular weight is 421 g/mol. The summed E-state index contributed by atoms with van der Waals surface area (Å²) in [6.45, 7) is 5.21. The summed E-state index contributed by atoms with van der Waals surface area (Å²) in [5.74, 6) is 0.397. The molecule has 0 aliphatic rings. The Bertz CT molecular complexity index is 856. The van der Waals surface area contributed by atoms with E-state index >= 15 is 0 Å². The molecule has 1 aromatic heterocycles. The number of nitrogens with zero attached hydrogens (tertiary/aromatic N) is 3. The molecule has 0 aliphatic heterocycles. The number of hydrogen-bond acceptors (Lipinski definition) is 5. The summed E-state index contributed by atoms with van der Waals surface area (Å²) in [4.78, 5) is -0.408. The normalized spacial score (nSPS) is 12.1. The summed E-state index contributed by atoms with van der Waals surface area (Å²) < 4.78 is 42.7. The van der Waals surface area contributed by atoms with E-state index in [1.54, 1.807) is 0 Å². The van der Waals surface area contributed by atoms with Crippen LogP contribution in [0.5, 0.6) is 0 Å². The van der Waals surface area contributed by atoms with Crippen LogP contribution in [0.3, 0.4) is 0 Å². The molecule has 0 saturated heterocycles. The minimum absolute atomic E-state index is 0.149. The molecule has 0 bridgehead atoms. The molecule has 144 valence electrons. The smallest absolute Gasteiger partial charge is 0.243 e. The van der Waals surface area contributed by atoms with Crippen molar-refractivity contribution in [1.82, 2.24) is 19.5 Å². The second-order valence-electron chi connectivity index (χ2n) is 6.18. The third-order valence-corrected chi connectivity index (χ3v) is 5.97. The zero-order valence-electron chi connectivity index (χ0n) is 14.9. The average Bonchev–Trinajstić information content (AvgIpc) is 2.92. The van der Waals surface area contributed by atoms with Gasteiger partial charge in [0.1, 0.15) is 16.5 Å². The van der Waals surface area contributed by atoms with Gasteiger partial charge < -0.3 is 4.57 Å². The molecule has 0 spiro atoms. The Hall–Kier alpha value is -1.16. The Morgan fingerprint density at radius 2 is 2.08 bits per heavy atom. The van der Waals surface area contributed by atoms with Crippen molar-refractivity contribution in [2.75, 3.05) is 12.8 Å². The van der Waals surface area contributed by atoms with Crippen LogP contribution in [-0.4, -0.2) is 36.0 Å². The van der Waals surface area contributed by atoms with Crippen LogP contribution >= 0.6 is 23.4 Å². The summed E-state index contributed by atoms with van der Waals surface area (Å²) in [7, 11) is -3.92. The van der Waals surface area contributed by atoms with Crippen LogP contribution in [0.25, 0.3) is 0 Å². The molecule has 0 saturated carbocycles.